The fraction of sp³-hybridized carbons (Fsp3) is 0.600. The highest BCUT2D eigenvalue weighted by Gasteiger charge is 2.24. The van der Waals surface area contributed by atoms with Crippen molar-refractivity contribution >= 4 is 11.9 Å². The first-order valence-electron chi connectivity index (χ1n) is 9.61. The lowest BCUT2D eigenvalue weighted by molar-refractivity contribution is -0.143. The average Bonchev–Trinajstić information content (AvgIpc) is 3.09. The van der Waals surface area contributed by atoms with E-state index in [0.29, 0.717) is 25.6 Å². The summed E-state index contributed by atoms with van der Waals surface area (Å²) < 4.78 is 4.93. The lowest BCUT2D eigenvalue weighted by Crippen LogP contribution is -2.45. The summed E-state index contributed by atoms with van der Waals surface area (Å²) in [5.74, 6) is 0.653. The van der Waals surface area contributed by atoms with Crippen molar-refractivity contribution in [3.8, 4) is 0 Å². The molecule has 0 aliphatic carbocycles. The van der Waals surface area contributed by atoms with Gasteiger partial charge in [-0.3, -0.25) is 14.7 Å². The highest BCUT2D eigenvalue weighted by Crippen LogP contribution is 2.19. The number of likely N-dealkylation sites (tertiary alicyclic amines) is 1. The van der Waals surface area contributed by atoms with Gasteiger partial charge in [-0.2, -0.15) is 0 Å². The number of hydrogen-bond acceptors (Lipinski definition) is 4. The standard InChI is InChI=1S/C20H32N4O2/c1-3-26-19(25)12-7-13-22-20(21-2)23-15-18-11-8-14-24(18)16-17-9-5-4-6-10-17/h4-6,9-10,18H,3,7-8,11-16H2,1-2H3,(H2,21,22,23). The molecule has 144 valence electrons. The van der Waals surface area contributed by atoms with Crippen LogP contribution in [-0.4, -0.2) is 56.2 Å². The number of nitrogens with one attached hydrogen (secondary N) is 2. The van der Waals surface area contributed by atoms with E-state index in [1.807, 2.05) is 6.92 Å². The second-order valence-electron chi connectivity index (χ2n) is 6.54. The molecule has 1 heterocycles. The van der Waals surface area contributed by atoms with E-state index in [-0.39, 0.29) is 5.97 Å². The third kappa shape index (κ3) is 7.04. The Bertz CT molecular complexity index is 562. The fourth-order valence-electron chi connectivity index (χ4n) is 3.26. The Balaban J connectivity index is 1.69. The third-order valence-electron chi connectivity index (χ3n) is 4.61. The van der Waals surface area contributed by atoms with Gasteiger partial charge >= 0.3 is 5.97 Å². The van der Waals surface area contributed by atoms with Gasteiger partial charge in [0.15, 0.2) is 5.96 Å². The van der Waals surface area contributed by atoms with Crippen LogP contribution < -0.4 is 10.6 Å². The lowest BCUT2D eigenvalue weighted by Gasteiger charge is -2.25. The van der Waals surface area contributed by atoms with Crippen LogP contribution in [0.15, 0.2) is 35.3 Å². The fourth-order valence-corrected chi connectivity index (χ4v) is 3.26. The number of carbonyl (C=O) groups excluding carboxylic acids is 1. The van der Waals surface area contributed by atoms with Crippen molar-refractivity contribution < 1.29 is 9.53 Å². The topological polar surface area (TPSA) is 66.0 Å². The number of ether oxygens (including phenoxy) is 1. The minimum absolute atomic E-state index is 0.139. The van der Waals surface area contributed by atoms with E-state index < -0.39 is 0 Å². The van der Waals surface area contributed by atoms with Gasteiger partial charge in [0.25, 0.3) is 0 Å². The van der Waals surface area contributed by atoms with E-state index in [4.69, 9.17) is 4.74 Å². The second-order valence-corrected chi connectivity index (χ2v) is 6.54. The predicted molar refractivity (Wildman–Crippen MR) is 105 cm³/mol. The number of esters is 1. The van der Waals surface area contributed by atoms with Crippen LogP contribution in [0.25, 0.3) is 0 Å². The summed E-state index contributed by atoms with van der Waals surface area (Å²) in [5, 5.41) is 6.69. The first-order chi connectivity index (χ1) is 12.7. The lowest BCUT2D eigenvalue weighted by atomic mass is 10.2. The van der Waals surface area contributed by atoms with E-state index >= 15 is 0 Å². The molecule has 0 aromatic heterocycles. The summed E-state index contributed by atoms with van der Waals surface area (Å²) in [6.45, 7) is 6.00. The molecule has 0 amide bonds. The minimum atomic E-state index is -0.139. The van der Waals surface area contributed by atoms with Crippen molar-refractivity contribution in [2.45, 2.75) is 45.2 Å². The summed E-state index contributed by atoms with van der Waals surface area (Å²) in [7, 11) is 1.77. The first-order valence-corrected chi connectivity index (χ1v) is 9.61. The number of aliphatic imine (C=N–C) groups is 1. The number of benzene rings is 1. The van der Waals surface area contributed by atoms with Gasteiger partial charge in [-0.05, 0) is 38.3 Å². The maximum atomic E-state index is 11.3. The summed E-state index contributed by atoms with van der Waals surface area (Å²) in [5.41, 5.74) is 1.36. The number of hydrogen-bond donors (Lipinski definition) is 2. The van der Waals surface area contributed by atoms with E-state index in [1.54, 1.807) is 7.05 Å². The summed E-state index contributed by atoms with van der Waals surface area (Å²) >= 11 is 0. The normalized spacial score (nSPS) is 17.9. The highest BCUT2D eigenvalue weighted by molar-refractivity contribution is 5.79. The Morgan fingerprint density at radius 2 is 2.12 bits per heavy atom. The molecule has 2 N–H and O–H groups in total. The molecule has 0 bridgehead atoms. The van der Waals surface area contributed by atoms with Crippen LogP contribution in [0.2, 0.25) is 0 Å². The van der Waals surface area contributed by atoms with Crippen molar-refractivity contribution in [2.24, 2.45) is 4.99 Å². The number of carbonyl (C=O) groups is 1. The van der Waals surface area contributed by atoms with Gasteiger partial charge in [0.05, 0.1) is 6.61 Å². The van der Waals surface area contributed by atoms with Crippen LogP contribution in [0.3, 0.4) is 0 Å². The second kappa shape index (κ2) is 11.5. The zero-order chi connectivity index (χ0) is 18.6. The zero-order valence-electron chi connectivity index (χ0n) is 16.0. The molecule has 0 spiro atoms. The third-order valence-corrected chi connectivity index (χ3v) is 4.61. The van der Waals surface area contributed by atoms with Gasteiger partial charge in [-0.1, -0.05) is 30.3 Å². The minimum Gasteiger partial charge on any atom is -0.466 e. The van der Waals surface area contributed by atoms with Crippen molar-refractivity contribution in [3.63, 3.8) is 0 Å². The van der Waals surface area contributed by atoms with Crippen molar-refractivity contribution in [2.75, 3.05) is 33.3 Å². The van der Waals surface area contributed by atoms with Crippen molar-refractivity contribution in [1.29, 1.82) is 0 Å². The van der Waals surface area contributed by atoms with Gasteiger partial charge in [-0.15, -0.1) is 0 Å². The monoisotopic (exact) mass is 360 g/mol. The molecule has 0 saturated carbocycles. The molecule has 1 fully saturated rings. The summed E-state index contributed by atoms with van der Waals surface area (Å²) in [6.07, 6.45) is 3.62. The van der Waals surface area contributed by atoms with Gasteiger partial charge in [0, 0.05) is 39.1 Å². The first kappa shape index (κ1) is 20.2. The number of guanidine groups is 1. The van der Waals surface area contributed by atoms with E-state index in [1.165, 1.54) is 18.4 Å². The summed E-state index contributed by atoms with van der Waals surface area (Å²) in [6, 6.07) is 11.2. The molecular weight excluding hydrogens is 328 g/mol. The Hall–Kier alpha value is -2.08. The quantitative estimate of drug-likeness (QED) is 0.306. The van der Waals surface area contributed by atoms with Gasteiger partial charge in [0.1, 0.15) is 0 Å². The van der Waals surface area contributed by atoms with Crippen LogP contribution in [0.4, 0.5) is 0 Å². The van der Waals surface area contributed by atoms with Crippen LogP contribution in [0, 0.1) is 0 Å². The molecule has 6 heteroatoms. The molecule has 1 aliphatic rings. The zero-order valence-corrected chi connectivity index (χ0v) is 16.0. The van der Waals surface area contributed by atoms with E-state index in [2.05, 4.69) is 50.9 Å². The van der Waals surface area contributed by atoms with Crippen molar-refractivity contribution in [3.05, 3.63) is 35.9 Å². The Labute approximate surface area is 157 Å². The molecule has 1 saturated heterocycles. The largest absolute Gasteiger partial charge is 0.466 e. The number of rotatable bonds is 9. The SMILES string of the molecule is CCOC(=O)CCCNC(=NC)NCC1CCCN1Cc1ccccc1. The summed E-state index contributed by atoms with van der Waals surface area (Å²) in [4.78, 5) is 18.2. The molecule has 1 atom stereocenters. The van der Waals surface area contributed by atoms with Gasteiger partial charge < -0.3 is 15.4 Å². The molecule has 1 aromatic rings. The molecule has 1 unspecified atom stereocenters. The van der Waals surface area contributed by atoms with Crippen molar-refractivity contribution in [1.82, 2.24) is 15.5 Å². The number of nitrogens with zero attached hydrogens (tertiary/aromatic N) is 2. The van der Waals surface area contributed by atoms with Crippen LogP contribution in [0.5, 0.6) is 0 Å². The highest BCUT2D eigenvalue weighted by atomic mass is 16.5. The Kier molecular flexibility index (Phi) is 8.96. The van der Waals surface area contributed by atoms with Gasteiger partial charge in [-0.25, -0.2) is 0 Å². The van der Waals surface area contributed by atoms with E-state index in [9.17, 15) is 4.79 Å². The molecular formula is C20H32N4O2. The Morgan fingerprint density at radius 3 is 2.85 bits per heavy atom. The molecule has 1 aromatic carbocycles. The predicted octanol–water partition coefficient (Wildman–Crippen LogP) is 2.16. The molecule has 2 rings (SSSR count). The Morgan fingerprint density at radius 1 is 1.31 bits per heavy atom. The average molecular weight is 361 g/mol. The smallest absolute Gasteiger partial charge is 0.305 e. The molecule has 6 nitrogen and oxygen atoms in total. The van der Waals surface area contributed by atoms with Crippen LogP contribution in [-0.2, 0) is 16.1 Å². The molecule has 0 radical (unpaired) electrons. The van der Waals surface area contributed by atoms with Gasteiger partial charge in [0.2, 0.25) is 0 Å². The molecule has 1 aliphatic heterocycles. The molecule has 26 heavy (non-hydrogen) atoms. The van der Waals surface area contributed by atoms with Crippen LogP contribution >= 0.6 is 0 Å². The van der Waals surface area contributed by atoms with Crippen LogP contribution in [0.1, 0.15) is 38.2 Å². The van der Waals surface area contributed by atoms with E-state index in [0.717, 1.165) is 32.0 Å². The maximum Gasteiger partial charge on any atom is 0.305 e. The maximum absolute atomic E-state index is 11.3.